The van der Waals surface area contributed by atoms with Gasteiger partial charge in [0, 0.05) is 27.4 Å². The first-order valence-electron chi connectivity index (χ1n) is 8.51. The molecule has 5 heteroatoms. The maximum atomic E-state index is 13.3. The number of hydrogen-bond acceptors (Lipinski definition) is 2. The molecule has 0 heterocycles. The molecule has 1 aliphatic carbocycles. The third-order valence-corrected chi connectivity index (χ3v) is 4.74. The van der Waals surface area contributed by atoms with Crippen molar-refractivity contribution in [2.24, 2.45) is 0 Å². The molecule has 3 aromatic carbocycles. The van der Waals surface area contributed by atoms with E-state index in [-0.39, 0.29) is 17.8 Å². The van der Waals surface area contributed by atoms with E-state index in [1.165, 1.54) is 12.1 Å². The predicted molar refractivity (Wildman–Crippen MR) is 99.9 cm³/mol. The number of hydrogen-bond donors (Lipinski definition) is 1. The van der Waals surface area contributed by atoms with E-state index in [1.807, 2.05) is 24.3 Å². The molecule has 0 aliphatic heterocycles. The van der Waals surface area contributed by atoms with Gasteiger partial charge in [-0.3, -0.25) is 4.79 Å². The van der Waals surface area contributed by atoms with E-state index in [0.29, 0.717) is 16.3 Å². The Balaban J connectivity index is 1.71. The van der Waals surface area contributed by atoms with Crippen molar-refractivity contribution in [2.75, 3.05) is 0 Å². The van der Waals surface area contributed by atoms with Crippen LogP contribution in [0.15, 0.2) is 60.7 Å². The molecule has 0 radical (unpaired) electrons. The van der Waals surface area contributed by atoms with Gasteiger partial charge in [0.15, 0.2) is 0 Å². The minimum absolute atomic E-state index is 0.205. The number of amides is 1. The van der Waals surface area contributed by atoms with Crippen LogP contribution in [0.1, 0.15) is 24.5 Å². The van der Waals surface area contributed by atoms with E-state index < -0.39 is 6.10 Å². The van der Waals surface area contributed by atoms with Gasteiger partial charge < -0.3 is 10.1 Å². The van der Waals surface area contributed by atoms with Crippen LogP contribution < -0.4 is 10.1 Å². The molecule has 4 rings (SSSR count). The average Bonchev–Trinajstić information content (AvgIpc) is 3.46. The summed E-state index contributed by atoms with van der Waals surface area (Å²) in [5, 5.41) is 5.26. The van der Waals surface area contributed by atoms with Crippen LogP contribution in [-0.2, 0) is 4.79 Å². The van der Waals surface area contributed by atoms with Gasteiger partial charge in [-0.25, -0.2) is 4.39 Å². The molecule has 0 spiro atoms. The minimum atomic E-state index is -0.860. The van der Waals surface area contributed by atoms with Crippen LogP contribution in [0.5, 0.6) is 5.75 Å². The van der Waals surface area contributed by atoms with E-state index in [0.717, 1.165) is 23.6 Å². The maximum absolute atomic E-state index is 13.3. The van der Waals surface area contributed by atoms with Crippen LogP contribution in [0.25, 0.3) is 10.8 Å². The van der Waals surface area contributed by atoms with Crippen molar-refractivity contribution < 1.29 is 13.9 Å². The number of ether oxygens (including phenoxy) is 1. The number of carbonyl (C=O) groups excluding carboxylic acids is 1. The lowest BCUT2D eigenvalue weighted by Gasteiger charge is -2.20. The van der Waals surface area contributed by atoms with Crippen molar-refractivity contribution in [3.8, 4) is 5.75 Å². The van der Waals surface area contributed by atoms with E-state index in [9.17, 15) is 9.18 Å². The monoisotopic (exact) mass is 369 g/mol. The molecular weight excluding hydrogens is 353 g/mol. The van der Waals surface area contributed by atoms with Gasteiger partial charge in [-0.2, -0.15) is 0 Å². The Hall–Kier alpha value is -2.59. The van der Waals surface area contributed by atoms with E-state index >= 15 is 0 Å². The molecule has 1 saturated carbocycles. The van der Waals surface area contributed by atoms with Crippen molar-refractivity contribution in [3.63, 3.8) is 0 Å². The first-order valence-corrected chi connectivity index (χ1v) is 8.89. The van der Waals surface area contributed by atoms with Crippen molar-refractivity contribution >= 4 is 28.3 Å². The second-order valence-electron chi connectivity index (χ2n) is 6.42. The molecule has 3 nitrogen and oxygen atoms in total. The smallest absolute Gasteiger partial charge is 0.266 e. The Morgan fingerprint density at radius 3 is 2.42 bits per heavy atom. The lowest BCUT2D eigenvalue weighted by atomic mass is 10.1. The Morgan fingerprint density at radius 2 is 1.73 bits per heavy atom. The number of benzene rings is 3. The highest BCUT2D eigenvalue weighted by molar-refractivity contribution is 6.35. The minimum Gasteiger partial charge on any atom is -0.475 e. The molecular formula is C21H17ClFNO2. The van der Waals surface area contributed by atoms with Gasteiger partial charge in [0.2, 0.25) is 6.10 Å². The van der Waals surface area contributed by atoms with Gasteiger partial charge in [0.25, 0.3) is 5.91 Å². The molecule has 1 amide bonds. The standard InChI is InChI=1S/C21H17ClFNO2/c22-18-11-12-19(17-4-2-1-3-16(17)18)26-20(21(25)24-15-9-10-15)13-5-7-14(23)8-6-13/h1-8,11-12,15,20H,9-10H2,(H,24,25). The summed E-state index contributed by atoms with van der Waals surface area (Å²) in [6, 6.07) is 17.1. The Labute approximate surface area is 155 Å². The molecule has 1 fully saturated rings. The number of halogens is 2. The highest BCUT2D eigenvalue weighted by Crippen LogP contribution is 2.34. The van der Waals surface area contributed by atoms with Crippen molar-refractivity contribution in [3.05, 3.63) is 77.1 Å². The second-order valence-corrected chi connectivity index (χ2v) is 6.83. The average molecular weight is 370 g/mol. The van der Waals surface area contributed by atoms with Gasteiger partial charge >= 0.3 is 0 Å². The maximum Gasteiger partial charge on any atom is 0.266 e. The first kappa shape index (κ1) is 16.9. The molecule has 1 aliphatic rings. The van der Waals surface area contributed by atoms with Gasteiger partial charge in [0.1, 0.15) is 11.6 Å². The van der Waals surface area contributed by atoms with Gasteiger partial charge in [0.05, 0.1) is 0 Å². The lowest BCUT2D eigenvalue weighted by molar-refractivity contribution is -0.128. The SMILES string of the molecule is O=C(NC1CC1)C(Oc1ccc(Cl)c2ccccc12)c1ccc(F)cc1. The zero-order valence-corrected chi connectivity index (χ0v) is 14.7. The summed E-state index contributed by atoms with van der Waals surface area (Å²) >= 11 is 6.26. The highest BCUT2D eigenvalue weighted by Gasteiger charge is 2.30. The molecule has 132 valence electrons. The largest absolute Gasteiger partial charge is 0.475 e. The van der Waals surface area contributed by atoms with Gasteiger partial charge in [-0.1, -0.05) is 48.0 Å². The number of rotatable bonds is 5. The summed E-state index contributed by atoms with van der Waals surface area (Å²) in [7, 11) is 0. The lowest BCUT2D eigenvalue weighted by Crippen LogP contribution is -2.33. The molecule has 1 unspecified atom stereocenters. The van der Waals surface area contributed by atoms with Crippen molar-refractivity contribution in [1.82, 2.24) is 5.32 Å². The molecule has 0 aromatic heterocycles. The number of fused-ring (bicyclic) bond motifs is 1. The molecule has 1 N–H and O–H groups in total. The molecule has 1 atom stereocenters. The zero-order valence-electron chi connectivity index (χ0n) is 13.9. The van der Waals surface area contributed by atoms with Crippen LogP contribution in [0, 0.1) is 5.82 Å². The molecule has 0 bridgehead atoms. The quantitative estimate of drug-likeness (QED) is 0.685. The fraction of sp³-hybridized carbons (Fsp3) is 0.190. The topological polar surface area (TPSA) is 38.3 Å². The van der Waals surface area contributed by atoms with Gasteiger partial charge in [-0.05, 0) is 37.1 Å². The Morgan fingerprint density at radius 1 is 1.04 bits per heavy atom. The number of nitrogens with one attached hydrogen (secondary N) is 1. The van der Waals surface area contributed by atoms with Crippen LogP contribution >= 0.6 is 11.6 Å². The Bertz CT molecular complexity index is 954. The van der Waals surface area contributed by atoms with Crippen LogP contribution in [0.4, 0.5) is 4.39 Å². The van der Waals surface area contributed by atoms with E-state index in [1.54, 1.807) is 24.3 Å². The van der Waals surface area contributed by atoms with Crippen molar-refractivity contribution in [1.29, 1.82) is 0 Å². The molecule has 3 aromatic rings. The third-order valence-electron chi connectivity index (χ3n) is 4.41. The molecule has 0 saturated heterocycles. The fourth-order valence-electron chi connectivity index (χ4n) is 2.88. The summed E-state index contributed by atoms with van der Waals surface area (Å²) in [4.78, 5) is 12.7. The predicted octanol–water partition coefficient (Wildman–Crippen LogP) is 5.03. The van der Waals surface area contributed by atoms with Gasteiger partial charge in [-0.15, -0.1) is 0 Å². The normalized spacial score (nSPS) is 14.8. The van der Waals surface area contributed by atoms with E-state index in [2.05, 4.69) is 5.32 Å². The van der Waals surface area contributed by atoms with Crippen LogP contribution in [0.2, 0.25) is 5.02 Å². The Kier molecular flexibility index (Phi) is 4.51. The number of carbonyl (C=O) groups is 1. The van der Waals surface area contributed by atoms with Crippen LogP contribution in [-0.4, -0.2) is 11.9 Å². The molecule has 26 heavy (non-hydrogen) atoms. The summed E-state index contributed by atoms with van der Waals surface area (Å²) in [6.45, 7) is 0. The zero-order chi connectivity index (χ0) is 18.1. The summed E-state index contributed by atoms with van der Waals surface area (Å²) in [5.41, 5.74) is 0.601. The fourth-order valence-corrected chi connectivity index (χ4v) is 3.11. The highest BCUT2D eigenvalue weighted by atomic mass is 35.5. The third kappa shape index (κ3) is 3.51. The second kappa shape index (κ2) is 6.96. The summed E-state index contributed by atoms with van der Waals surface area (Å²) in [6.07, 6.45) is 1.10. The van der Waals surface area contributed by atoms with E-state index in [4.69, 9.17) is 16.3 Å². The summed E-state index contributed by atoms with van der Waals surface area (Å²) < 4.78 is 19.4. The first-order chi connectivity index (χ1) is 12.6. The van der Waals surface area contributed by atoms with Crippen LogP contribution in [0.3, 0.4) is 0 Å². The summed E-state index contributed by atoms with van der Waals surface area (Å²) in [5.74, 6) is -0.0181. The van der Waals surface area contributed by atoms with Crippen molar-refractivity contribution in [2.45, 2.75) is 25.0 Å².